The molecule has 1 aromatic carbocycles. The highest BCUT2D eigenvalue weighted by Crippen LogP contribution is 2.23. The van der Waals surface area contributed by atoms with E-state index in [1.165, 1.54) is 11.3 Å². The number of likely N-dealkylation sites (tertiary alicyclic amines) is 1. The number of H-pyrrole nitrogens is 1. The molecule has 0 saturated carbocycles. The number of nitrogens with two attached hydrogens (primary N) is 1. The Balaban J connectivity index is 1.39. The minimum Gasteiger partial charge on any atom is -0.490 e. The van der Waals surface area contributed by atoms with E-state index in [0.717, 1.165) is 48.8 Å². The van der Waals surface area contributed by atoms with Gasteiger partial charge in [0.05, 0.1) is 12.1 Å². The van der Waals surface area contributed by atoms with Crippen molar-refractivity contribution < 1.29 is 4.74 Å². The van der Waals surface area contributed by atoms with Gasteiger partial charge in [-0.15, -0.1) is 11.3 Å². The second-order valence-corrected chi connectivity index (χ2v) is 7.49. The molecule has 3 heterocycles. The molecule has 7 nitrogen and oxygen atoms in total. The zero-order valence-electron chi connectivity index (χ0n) is 14.7. The lowest BCUT2D eigenvalue weighted by Gasteiger charge is -2.29. The van der Waals surface area contributed by atoms with Crippen LogP contribution < -0.4 is 10.5 Å². The number of hydrogen-bond acceptors (Lipinski definition) is 7. The van der Waals surface area contributed by atoms with Crippen LogP contribution in [0.5, 0.6) is 5.75 Å². The van der Waals surface area contributed by atoms with Gasteiger partial charge in [0.25, 0.3) is 0 Å². The van der Waals surface area contributed by atoms with Crippen LogP contribution in [0.1, 0.15) is 24.4 Å². The van der Waals surface area contributed by atoms with Crippen molar-refractivity contribution in [2.75, 3.05) is 25.9 Å². The van der Waals surface area contributed by atoms with Crippen LogP contribution in [0.2, 0.25) is 0 Å². The molecule has 0 atom stereocenters. The SMILES string of the molecule is CN1CCC(Oc2ccc(-c3n[nH]c(Cc4csc(N)n4)n3)cc2)CC1. The Kier molecular flexibility index (Phi) is 4.85. The maximum absolute atomic E-state index is 6.09. The number of nitrogens with one attached hydrogen (secondary N) is 1. The number of nitrogens with zero attached hydrogens (tertiary/aromatic N) is 4. The molecule has 3 aromatic rings. The molecule has 4 rings (SSSR count). The monoisotopic (exact) mass is 370 g/mol. The summed E-state index contributed by atoms with van der Waals surface area (Å²) in [6, 6.07) is 7.98. The van der Waals surface area contributed by atoms with Crippen molar-refractivity contribution in [2.24, 2.45) is 0 Å². The van der Waals surface area contributed by atoms with Crippen molar-refractivity contribution in [1.29, 1.82) is 0 Å². The van der Waals surface area contributed by atoms with Crippen LogP contribution in [-0.4, -0.2) is 51.3 Å². The highest BCUT2D eigenvalue weighted by Gasteiger charge is 2.18. The zero-order chi connectivity index (χ0) is 17.9. The number of nitrogen functional groups attached to an aromatic ring is 1. The minimum atomic E-state index is 0.303. The van der Waals surface area contributed by atoms with Gasteiger partial charge in [-0.1, -0.05) is 0 Å². The van der Waals surface area contributed by atoms with E-state index in [1.807, 2.05) is 29.6 Å². The van der Waals surface area contributed by atoms with Gasteiger partial charge in [0.1, 0.15) is 17.7 Å². The summed E-state index contributed by atoms with van der Waals surface area (Å²) in [5, 5.41) is 9.78. The maximum atomic E-state index is 6.09. The first-order chi connectivity index (χ1) is 12.7. The van der Waals surface area contributed by atoms with E-state index in [0.29, 0.717) is 23.5 Å². The number of ether oxygens (including phenoxy) is 1. The summed E-state index contributed by atoms with van der Waals surface area (Å²) in [6.45, 7) is 2.18. The van der Waals surface area contributed by atoms with Gasteiger partial charge in [0.15, 0.2) is 11.0 Å². The Morgan fingerprint density at radius 3 is 2.69 bits per heavy atom. The van der Waals surface area contributed by atoms with Gasteiger partial charge in [0, 0.05) is 24.0 Å². The van der Waals surface area contributed by atoms with Crippen LogP contribution in [0.3, 0.4) is 0 Å². The fourth-order valence-electron chi connectivity index (χ4n) is 3.06. The molecule has 0 radical (unpaired) electrons. The van der Waals surface area contributed by atoms with Gasteiger partial charge in [-0.25, -0.2) is 9.97 Å². The molecule has 26 heavy (non-hydrogen) atoms. The predicted molar refractivity (Wildman–Crippen MR) is 102 cm³/mol. The van der Waals surface area contributed by atoms with E-state index in [-0.39, 0.29) is 0 Å². The average molecular weight is 370 g/mol. The second-order valence-electron chi connectivity index (χ2n) is 6.60. The Hall–Kier alpha value is -2.45. The van der Waals surface area contributed by atoms with Gasteiger partial charge in [0.2, 0.25) is 0 Å². The van der Waals surface area contributed by atoms with Crippen LogP contribution >= 0.6 is 11.3 Å². The summed E-state index contributed by atoms with van der Waals surface area (Å²) in [5.41, 5.74) is 7.52. The third-order valence-corrected chi connectivity index (χ3v) is 5.25. The zero-order valence-corrected chi connectivity index (χ0v) is 15.5. The molecular weight excluding hydrogens is 348 g/mol. The fourth-order valence-corrected chi connectivity index (χ4v) is 3.62. The first kappa shape index (κ1) is 17.0. The molecule has 1 aliphatic heterocycles. The maximum Gasteiger partial charge on any atom is 0.181 e. The molecule has 0 amide bonds. The Morgan fingerprint density at radius 1 is 1.23 bits per heavy atom. The first-order valence-corrected chi connectivity index (χ1v) is 9.60. The molecule has 0 unspecified atom stereocenters. The van der Waals surface area contributed by atoms with E-state index >= 15 is 0 Å². The van der Waals surface area contributed by atoms with Crippen molar-refractivity contribution in [1.82, 2.24) is 25.1 Å². The minimum absolute atomic E-state index is 0.303. The summed E-state index contributed by atoms with van der Waals surface area (Å²) >= 11 is 1.43. The molecule has 136 valence electrons. The van der Waals surface area contributed by atoms with Crippen LogP contribution in [0.4, 0.5) is 5.13 Å². The molecule has 0 spiro atoms. The van der Waals surface area contributed by atoms with Gasteiger partial charge >= 0.3 is 0 Å². The second kappa shape index (κ2) is 7.43. The summed E-state index contributed by atoms with van der Waals surface area (Å²) < 4.78 is 6.09. The topological polar surface area (TPSA) is 93.0 Å². The van der Waals surface area contributed by atoms with Crippen LogP contribution in [0.15, 0.2) is 29.6 Å². The third kappa shape index (κ3) is 4.03. The predicted octanol–water partition coefficient (Wildman–Crippen LogP) is 2.57. The fraction of sp³-hybridized carbons (Fsp3) is 0.389. The molecule has 1 saturated heterocycles. The number of anilines is 1. The number of benzene rings is 1. The Bertz CT molecular complexity index is 851. The lowest BCUT2D eigenvalue weighted by molar-refractivity contribution is 0.114. The van der Waals surface area contributed by atoms with Crippen LogP contribution in [-0.2, 0) is 6.42 Å². The highest BCUT2D eigenvalue weighted by atomic mass is 32.1. The van der Waals surface area contributed by atoms with E-state index < -0.39 is 0 Å². The van der Waals surface area contributed by atoms with E-state index in [1.54, 1.807) is 0 Å². The van der Waals surface area contributed by atoms with E-state index in [9.17, 15) is 0 Å². The molecule has 0 aliphatic carbocycles. The van der Waals surface area contributed by atoms with Gasteiger partial charge < -0.3 is 15.4 Å². The molecule has 1 aliphatic rings. The standard InChI is InChI=1S/C18H22N6OS/c1-24-8-6-15(7-9-24)25-14-4-2-12(3-5-14)17-21-16(22-23-17)10-13-11-26-18(19)20-13/h2-5,11,15H,6-10H2,1H3,(H2,19,20)(H,21,22,23). The van der Waals surface area contributed by atoms with E-state index in [4.69, 9.17) is 10.5 Å². The summed E-state index contributed by atoms with van der Waals surface area (Å²) in [6.07, 6.45) is 3.04. The first-order valence-electron chi connectivity index (χ1n) is 8.72. The van der Waals surface area contributed by atoms with Gasteiger partial charge in [-0.05, 0) is 44.2 Å². The molecule has 3 N–H and O–H groups in total. The largest absolute Gasteiger partial charge is 0.490 e. The normalized spacial score (nSPS) is 16.0. The quantitative estimate of drug-likeness (QED) is 0.717. The van der Waals surface area contributed by atoms with E-state index in [2.05, 4.69) is 32.1 Å². The number of rotatable bonds is 5. The van der Waals surface area contributed by atoms with Crippen molar-refractivity contribution in [2.45, 2.75) is 25.4 Å². The van der Waals surface area contributed by atoms with Crippen LogP contribution in [0, 0.1) is 0 Å². The smallest absolute Gasteiger partial charge is 0.181 e. The number of thiazole rings is 1. The molecule has 8 heteroatoms. The average Bonchev–Trinajstić information content (AvgIpc) is 3.27. The molecule has 2 aromatic heterocycles. The number of aromatic amines is 1. The molecule has 0 bridgehead atoms. The molecule has 1 fully saturated rings. The van der Waals surface area contributed by atoms with Gasteiger partial charge in [-0.2, -0.15) is 5.10 Å². The Morgan fingerprint density at radius 2 is 2.00 bits per heavy atom. The van der Waals surface area contributed by atoms with Gasteiger partial charge in [-0.3, -0.25) is 5.10 Å². The van der Waals surface area contributed by atoms with Crippen LogP contribution in [0.25, 0.3) is 11.4 Å². The number of hydrogen-bond donors (Lipinski definition) is 2. The third-order valence-electron chi connectivity index (χ3n) is 4.53. The summed E-state index contributed by atoms with van der Waals surface area (Å²) in [4.78, 5) is 11.1. The Labute approximate surface area is 156 Å². The molecular formula is C18H22N6OS. The van der Waals surface area contributed by atoms with Crippen molar-refractivity contribution in [3.05, 3.63) is 41.2 Å². The number of aromatic nitrogens is 4. The van der Waals surface area contributed by atoms with Crippen molar-refractivity contribution in [3.8, 4) is 17.1 Å². The highest BCUT2D eigenvalue weighted by molar-refractivity contribution is 7.13. The summed E-state index contributed by atoms with van der Waals surface area (Å²) in [5.74, 6) is 2.35. The summed E-state index contributed by atoms with van der Waals surface area (Å²) in [7, 11) is 2.15. The van der Waals surface area contributed by atoms with Crippen molar-refractivity contribution >= 4 is 16.5 Å². The van der Waals surface area contributed by atoms with Crippen molar-refractivity contribution in [3.63, 3.8) is 0 Å². The lowest BCUT2D eigenvalue weighted by atomic mass is 10.1. The number of piperidine rings is 1. The lowest BCUT2D eigenvalue weighted by Crippen LogP contribution is -2.35.